The largest absolute Gasteiger partial charge is 0.366 e. The third kappa shape index (κ3) is 4.45. The van der Waals surface area contributed by atoms with E-state index in [1.807, 2.05) is 42.2 Å². The Hall–Kier alpha value is -2.89. The van der Waals surface area contributed by atoms with Gasteiger partial charge in [0.25, 0.3) is 0 Å². The fourth-order valence-electron chi connectivity index (χ4n) is 3.35. The molecule has 0 aromatic heterocycles. The van der Waals surface area contributed by atoms with Crippen LogP contribution in [0, 0.1) is 5.82 Å². The molecule has 6 heteroatoms. The molecule has 2 aromatic rings. The first-order chi connectivity index (χ1) is 13.1. The van der Waals surface area contributed by atoms with Gasteiger partial charge in [-0.3, -0.25) is 9.59 Å². The summed E-state index contributed by atoms with van der Waals surface area (Å²) in [5.41, 5.74) is 1.35. The number of carbonyl (C=O) groups excluding carboxylic acids is 2. The Labute approximate surface area is 159 Å². The second kappa shape index (κ2) is 8.66. The Morgan fingerprint density at radius 1 is 0.963 bits per heavy atom. The minimum atomic E-state index is -0.256. The van der Waals surface area contributed by atoms with Gasteiger partial charge in [0.05, 0.1) is 5.69 Å². The lowest BCUT2D eigenvalue weighted by Gasteiger charge is -2.36. The number of hydrogen-bond donors (Lipinski definition) is 0. The molecule has 1 fully saturated rings. The lowest BCUT2D eigenvalue weighted by molar-refractivity contribution is -0.135. The SMILES string of the molecule is CCN(C(=O)CC(=O)N1CCN(c2ccccc2F)CC1)c1ccccc1. The lowest BCUT2D eigenvalue weighted by atomic mass is 10.2. The molecule has 0 N–H and O–H groups in total. The first-order valence-electron chi connectivity index (χ1n) is 9.23. The van der Waals surface area contributed by atoms with E-state index in [1.165, 1.54) is 6.07 Å². The molecule has 3 rings (SSSR count). The van der Waals surface area contributed by atoms with E-state index < -0.39 is 0 Å². The van der Waals surface area contributed by atoms with Gasteiger partial charge < -0.3 is 14.7 Å². The number of carbonyl (C=O) groups is 2. The molecule has 1 saturated heterocycles. The smallest absolute Gasteiger partial charge is 0.236 e. The highest BCUT2D eigenvalue weighted by Gasteiger charge is 2.25. The van der Waals surface area contributed by atoms with Crippen LogP contribution in [0.15, 0.2) is 54.6 Å². The molecule has 0 bridgehead atoms. The van der Waals surface area contributed by atoms with Crippen molar-refractivity contribution in [3.8, 4) is 0 Å². The summed E-state index contributed by atoms with van der Waals surface area (Å²) < 4.78 is 13.9. The summed E-state index contributed by atoms with van der Waals surface area (Å²) in [5, 5.41) is 0. The summed E-state index contributed by atoms with van der Waals surface area (Å²) in [7, 11) is 0. The third-order valence-electron chi connectivity index (χ3n) is 4.81. The molecule has 0 atom stereocenters. The molecule has 2 amide bonds. The number of halogens is 1. The maximum atomic E-state index is 13.9. The van der Waals surface area contributed by atoms with Crippen molar-refractivity contribution in [2.24, 2.45) is 0 Å². The van der Waals surface area contributed by atoms with Crippen molar-refractivity contribution < 1.29 is 14.0 Å². The molecule has 0 aliphatic carbocycles. The number of amides is 2. The van der Waals surface area contributed by atoms with Crippen LogP contribution in [0.4, 0.5) is 15.8 Å². The minimum absolute atomic E-state index is 0.150. The normalized spacial score (nSPS) is 14.1. The van der Waals surface area contributed by atoms with Crippen molar-refractivity contribution in [1.82, 2.24) is 4.90 Å². The predicted octanol–water partition coefficient (Wildman–Crippen LogP) is 2.92. The number of benzene rings is 2. The maximum Gasteiger partial charge on any atom is 0.236 e. The average Bonchev–Trinajstić information content (AvgIpc) is 2.70. The molecule has 0 saturated carbocycles. The van der Waals surface area contributed by atoms with Crippen LogP contribution in [0.25, 0.3) is 0 Å². The van der Waals surface area contributed by atoms with Gasteiger partial charge in [-0.25, -0.2) is 4.39 Å². The topological polar surface area (TPSA) is 43.9 Å². The Morgan fingerprint density at radius 2 is 1.59 bits per heavy atom. The highest BCUT2D eigenvalue weighted by Crippen LogP contribution is 2.20. The molecule has 142 valence electrons. The highest BCUT2D eigenvalue weighted by molar-refractivity contribution is 6.05. The van der Waals surface area contributed by atoms with E-state index in [-0.39, 0.29) is 24.1 Å². The molecular weight excluding hydrogens is 345 g/mol. The fourth-order valence-corrected chi connectivity index (χ4v) is 3.35. The van der Waals surface area contributed by atoms with Gasteiger partial charge in [-0.2, -0.15) is 0 Å². The average molecular weight is 369 g/mol. The molecule has 0 spiro atoms. The number of anilines is 2. The predicted molar refractivity (Wildman–Crippen MR) is 104 cm³/mol. The van der Waals surface area contributed by atoms with Crippen LogP contribution in [0.5, 0.6) is 0 Å². The van der Waals surface area contributed by atoms with Crippen LogP contribution in [0.1, 0.15) is 13.3 Å². The van der Waals surface area contributed by atoms with E-state index in [4.69, 9.17) is 0 Å². The molecule has 0 unspecified atom stereocenters. The van der Waals surface area contributed by atoms with Crippen LogP contribution in [0.3, 0.4) is 0 Å². The van der Waals surface area contributed by atoms with E-state index in [2.05, 4.69) is 0 Å². The summed E-state index contributed by atoms with van der Waals surface area (Å²) in [4.78, 5) is 30.4. The van der Waals surface area contributed by atoms with Gasteiger partial charge >= 0.3 is 0 Å². The first kappa shape index (κ1) is 18.9. The zero-order valence-electron chi connectivity index (χ0n) is 15.5. The number of rotatable bonds is 5. The van der Waals surface area contributed by atoms with Crippen molar-refractivity contribution in [2.75, 3.05) is 42.5 Å². The summed E-state index contributed by atoms with van der Waals surface area (Å²) in [6.45, 7) is 4.48. The standard InChI is InChI=1S/C21H24FN3O2/c1-2-25(17-8-4-3-5-9-17)21(27)16-20(26)24-14-12-23(13-15-24)19-11-7-6-10-18(19)22/h3-11H,2,12-16H2,1H3. The maximum absolute atomic E-state index is 13.9. The highest BCUT2D eigenvalue weighted by atomic mass is 19.1. The number of piperazine rings is 1. The van der Waals surface area contributed by atoms with Crippen molar-refractivity contribution >= 4 is 23.2 Å². The van der Waals surface area contributed by atoms with Crippen molar-refractivity contribution in [3.05, 3.63) is 60.4 Å². The van der Waals surface area contributed by atoms with E-state index in [1.54, 1.807) is 28.0 Å². The monoisotopic (exact) mass is 369 g/mol. The third-order valence-corrected chi connectivity index (χ3v) is 4.81. The molecule has 1 aliphatic rings. The molecule has 2 aromatic carbocycles. The first-order valence-corrected chi connectivity index (χ1v) is 9.23. The summed E-state index contributed by atoms with van der Waals surface area (Å²) in [6, 6.07) is 16.0. The molecule has 0 radical (unpaired) electrons. The Bertz CT molecular complexity index is 789. The fraction of sp³-hybridized carbons (Fsp3) is 0.333. The number of hydrogen-bond acceptors (Lipinski definition) is 3. The van der Waals surface area contributed by atoms with Gasteiger partial charge in [0.1, 0.15) is 12.2 Å². The molecule has 5 nitrogen and oxygen atoms in total. The molecule has 1 heterocycles. The molecule has 27 heavy (non-hydrogen) atoms. The number of nitrogens with zero attached hydrogens (tertiary/aromatic N) is 3. The van der Waals surface area contributed by atoms with Gasteiger partial charge in [-0.05, 0) is 31.2 Å². The lowest BCUT2D eigenvalue weighted by Crippen LogP contribution is -2.50. The quantitative estimate of drug-likeness (QED) is 0.761. The van der Waals surface area contributed by atoms with Gasteiger partial charge in [-0.1, -0.05) is 30.3 Å². The van der Waals surface area contributed by atoms with E-state index in [0.717, 1.165) is 5.69 Å². The number of para-hydroxylation sites is 2. The molecule has 1 aliphatic heterocycles. The van der Waals surface area contributed by atoms with Crippen LogP contribution < -0.4 is 9.80 Å². The zero-order valence-corrected chi connectivity index (χ0v) is 15.5. The molecular formula is C21H24FN3O2. The minimum Gasteiger partial charge on any atom is -0.366 e. The van der Waals surface area contributed by atoms with E-state index in [9.17, 15) is 14.0 Å². The summed E-state index contributed by atoms with van der Waals surface area (Å²) >= 11 is 0. The van der Waals surface area contributed by atoms with Gasteiger partial charge in [0, 0.05) is 38.4 Å². The van der Waals surface area contributed by atoms with Crippen LogP contribution in [0.2, 0.25) is 0 Å². The second-order valence-corrected chi connectivity index (χ2v) is 6.47. The van der Waals surface area contributed by atoms with Gasteiger partial charge in [0.15, 0.2) is 0 Å². The van der Waals surface area contributed by atoms with Crippen molar-refractivity contribution in [1.29, 1.82) is 0 Å². The van der Waals surface area contributed by atoms with Crippen LogP contribution >= 0.6 is 0 Å². The summed E-state index contributed by atoms with van der Waals surface area (Å²) in [5.74, 6) is -0.637. The Morgan fingerprint density at radius 3 is 2.22 bits per heavy atom. The second-order valence-electron chi connectivity index (χ2n) is 6.47. The van der Waals surface area contributed by atoms with Gasteiger partial charge in [-0.15, -0.1) is 0 Å². The van der Waals surface area contributed by atoms with Crippen molar-refractivity contribution in [2.45, 2.75) is 13.3 Å². The van der Waals surface area contributed by atoms with Crippen molar-refractivity contribution in [3.63, 3.8) is 0 Å². The zero-order chi connectivity index (χ0) is 19.2. The van der Waals surface area contributed by atoms with Crippen LogP contribution in [-0.4, -0.2) is 49.4 Å². The Balaban J connectivity index is 1.56. The van der Waals surface area contributed by atoms with E-state index in [0.29, 0.717) is 38.4 Å². The Kier molecular flexibility index (Phi) is 6.06. The van der Waals surface area contributed by atoms with E-state index >= 15 is 0 Å². The van der Waals surface area contributed by atoms with Gasteiger partial charge in [0.2, 0.25) is 11.8 Å². The van der Waals surface area contributed by atoms with Crippen LogP contribution in [-0.2, 0) is 9.59 Å². The summed E-state index contributed by atoms with van der Waals surface area (Å²) in [6.07, 6.45) is -0.150.